The van der Waals surface area contributed by atoms with E-state index in [0.29, 0.717) is 30.2 Å². The Morgan fingerprint density at radius 3 is 2.55 bits per heavy atom. The molecule has 5 rings (SSSR count). The second-order valence-corrected chi connectivity index (χ2v) is 17.5. The van der Waals surface area contributed by atoms with Crippen LogP contribution in [0.5, 0.6) is 0 Å². The van der Waals surface area contributed by atoms with Crippen LogP contribution in [0.1, 0.15) is 28.9 Å². The fourth-order valence-electron chi connectivity index (χ4n) is 5.09. The van der Waals surface area contributed by atoms with Crippen molar-refractivity contribution >= 4 is 24.9 Å². The van der Waals surface area contributed by atoms with Gasteiger partial charge in [0.25, 0.3) is 0 Å². The van der Waals surface area contributed by atoms with Crippen molar-refractivity contribution < 1.29 is 9.53 Å². The summed E-state index contributed by atoms with van der Waals surface area (Å²) in [5.41, 5.74) is 17.6. The molecule has 4 N–H and O–H groups in total. The molecule has 218 valence electrons. The van der Waals surface area contributed by atoms with E-state index in [1.165, 1.54) is 0 Å². The van der Waals surface area contributed by atoms with Gasteiger partial charge in [0.05, 0.1) is 23.0 Å². The van der Waals surface area contributed by atoms with Gasteiger partial charge in [-0.15, -0.1) is 0 Å². The van der Waals surface area contributed by atoms with E-state index in [-0.39, 0.29) is 0 Å². The maximum atomic E-state index is 12.8. The topological polar surface area (TPSA) is 114 Å². The van der Waals surface area contributed by atoms with Gasteiger partial charge < -0.3 is 16.2 Å². The number of primary amides is 1. The fraction of sp³-hybridized carbons (Fsp3) is 0.303. The lowest BCUT2D eigenvalue weighted by Gasteiger charge is -2.16. The highest BCUT2D eigenvalue weighted by Gasteiger charge is 2.22. The zero-order valence-electron chi connectivity index (χ0n) is 24.7. The Hall–Kier alpha value is -4.05. The van der Waals surface area contributed by atoms with Crippen LogP contribution in [0.25, 0.3) is 39.1 Å². The predicted octanol–water partition coefficient (Wildman–Crippen LogP) is 6.25. The zero-order valence-corrected chi connectivity index (χ0v) is 25.7. The van der Waals surface area contributed by atoms with Gasteiger partial charge in [-0.05, 0) is 73.3 Å². The summed E-state index contributed by atoms with van der Waals surface area (Å²) < 4.78 is 9.90. The van der Waals surface area contributed by atoms with Crippen LogP contribution in [0.15, 0.2) is 79.1 Å². The van der Waals surface area contributed by atoms with Crippen molar-refractivity contribution in [3.05, 3.63) is 90.4 Å². The minimum atomic E-state index is -1.16. The van der Waals surface area contributed by atoms with Gasteiger partial charge in [-0.3, -0.25) is 9.36 Å². The Bertz CT molecular complexity index is 1670. The van der Waals surface area contributed by atoms with Crippen LogP contribution in [0, 0.1) is 0 Å². The summed E-state index contributed by atoms with van der Waals surface area (Å²) in [4.78, 5) is 17.9. The number of nitrogens with zero attached hydrogens (tertiary/aromatic N) is 4. The highest BCUT2D eigenvalue weighted by atomic mass is 28.3. The van der Waals surface area contributed by atoms with Crippen molar-refractivity contribution in [3.8, 4) is 28.2 Å². The molecule has 0 aliphatic carbocycles. The maximum absolute atomic E-state index is 12.8. The van der Waals surface area contributed by atoms with Crippen molar-refractivity contribution in [1.29, 1.82) is 0 Å². The highest BCUT2D eigenvalue weighted by Crippen LogP contribution is 2.37. The molecule has 0 atom stereocenters. The molecule has 0 saturated carbocycles. The third-order valence-electron chi connectivity index (χ3n) is 7.39. The van der Waals surface area contributed by atoms with E-state index >= 15 is 0 Å². The van der Waals surface area contributed by atoms with Crippen molar-refractivity contribution in [2.45, 2.75) is 51.7 Å². The van der Waals surface area contributed by atoms with Crippen LogP contribution < -0.4 is 11.5 Å². The number of unbranched alkanes of at least 4 members (excludes halogenated alkanes) is 1. The van der Waals surface area contributed by atoms with Crippen LogP contribution in [-0.2, 0) is 17.9 Å². The first kappa shape index (κ1) is 29.4. The third kappa shape index (κ3) is 6.70. The molecule has 0 saturated heterocycles. The smallest absolute Gasteiger partial charge is 0.249 e. The monoisotopic (exact) mass is 580 g/mol. The number of nitrogens with two attached hydrogens (primary N) is 2. The molecular weight excluding hydrogens is 540 g/mol. The molecule has 2 heterocycles. The number of aromatic nitrogens is 4. The predicted molar refractivity (Wildman–Crippen MR) is 172 cm³/mol. The second-order valence-electron chi connectivity index (χ2n) is 11.9. The molecular formula is C33H40N6O2Si. The SMILES string of the molecule is C[Si](C)(C)CCOCn1ncc2cc(-c3cccc(C(N)=O)c3-c3nc(CCCCN)cn3-c3ccccc3)ccc21. The maximum Gasteiger partial charge on any atom is 0.249 e. The minimum Gasteiger partial charge on any atom is -0.366 e. The molecule has 0 radical (unpaired) electrons. The number of ether oxygens (including phenoxy) is 1. The summed E-state index contributed by atoms with van der Waals surface area (Å²) >= 11 is 0. The van der Waals surface area contributed by atoms with Crippen LogP contribution in [0.3, 0.4) is 0 Å². The number of amides is 1. The molecule has 0 bridgehead atoms. The number of fused-ring (bicyclic) bond motifs is 1. The molecule has 0 aliphatic heterocycles. The Kier molecular flexibility index (Phi) is 9.01. The van der Waals surface area contributed by atoms with Gasteiger partial charge in [0.1, 0.15) is 12.6 Å². The van der Waals surface area contributed by atoms with Crippen LogP contribution >= 0.6 is 0 Å². The molecule has 0 spiro atoms. The van der Waals surface area contributed by atoms with Gasteiger partial charge in [0.15, 0.2) is 0 Å². The number of carbonyl (C=O) groups is 1. The zero-order chi connectivity index (χ0) is 29.7. The van der Waals surface area contributed by atoms with Gasteiger partial charge in [-0.1, -0.05) is 56.0 Å². The third-order valence-corrected chi connectivity index (χ3v) is 9.10. The molecule has 8 nitrogen and oxygen atoms in total. The molecule has 0 aliphatic rings. The summed E-state index contributed by atoms with van der Waals surface area (Å²) in [6.45, 7) is 8.83. The average molecular weight is 581 g/mol. The Morgan fingerprint density at radius 1 is 1.00 bits per heavy atom. The average Bonchev–Trinajstić information content (AvgIpc) is 3.59. The van der Waals surface area contributed by atoms with Gasteiger partial charge in [0.2, 0.25) is 5.91 Å². The first-order chi connectivity index (χ1) is 20.2. The normalized spacial score (nSPS) is 11.8. The van der Waals surface area contributed by atoms with Crippen molar-refractivity contribution in [2.24, 2.45) is 11.5 Å². The van der Waals surface area contributed by atoms with E-state index in [4.69, 9.17) is 21.2 Å². The number of hydrogen-bond acceptors (Lipinski definition) is 5. The molecule has 42 heavy (non-hydrogen) atoms. The van der Waals surface area contributed by atoms with E-state index in [1.807, 2.05) is 53.3 Å². The van der Waals surface area contributed by atoms with Gasteiger partial charge in [-0.2, -0.15) is 5.10 Å². The van der Waals surface area contributed by atoms with Crippen LogP contribution in [0.2, 0.25) is 25.7 Å². The molecule has 0 fully saturated rings. The lowest BCUT2D eigenvalue weighted by atomic mass is 9.93. The lowest BCUT2D eigenvalue weighted by Crippen LogP contribution is -2.22. The first-order valence-corrected chi connectivity index (χ1v) is 18.3. The number of hydrogen-bond donors (Lipinski definition) is 2. The molecule has 5 aromatic rings. The van der Waals surface area contributed by atoms with E-state index in [0.717, 1.165) is 65.3 Å². The molecule has 0 unspecified atom stereocenters. The first-order valence-electron chi connectivity index (χ1n) is 14.6. The van der Waals surface area contributed by atoms with E-state index in [9.17, 15) is 4.79 Å². The van der Waals surface area contributed by atoms with E-state index in [2.05, 4.69) is 53.7 Å². The summed E-state index contributed by atoms with van der Waals surface area (Å²) in [5.74, 6) is 0.184. The van der Waals surface area contributed by atoms with E-state index in [1.54, 1.807) is 6.07 Å². The van der Waals surface area contributed by atoms with Crippen LogP contribution in [0.4, 0.5) is 0 Å². The summed E-state index contributed by atoms with van der Waals surface area (Å²) in [7, 11) is -1.16. The molecule has 9 heteroatoms. The quantitative estimate of drug-likeness (QED) is 0.126. The second kappa shape index (κ2) is 12.9. The van der Waals surface area contributed by atoms with Crippen molar-refractivity contribution in [2.75, 3.05) is 13.2 Å². The Balaban J connectivity index is 1.57. The largest absolute Gasteiger partial charge is 0.366 e. The number of imidazole rings is 1. The van der Waals surface area contributed by atoms with Gasteiger partial charge in [0, 0.05) is 37.5 Å². The molecule has 2 aromatic heterocycles. The van der Waals surface area contributed by atoms with E-state index < -0.39 is 14.0 Å². The lowest BCUT2D eigenvalue weighted by molar-refractivity contribution is 0.0817. The standard InChI is InChI=1S/C33H40N6O2Si/c1-42(2,3)19-18-41-23-39-30-16-15-24(20-25(30)21-36-39)28-13-9-14-29(32(35)40)31(28)33-37-26(10-7-8-17-34)22-38(33)27-11-5-4-6-12-27/h4-6,9,11-16,20-22H,7-8,10,17-19,23,34H2,1-3H3,(H2,35,40). The van der Waals surface area contributed by atoms with Gasteiger partial charge in [-0.25, -0.2) is 9.67 Å². The molecule has 1 amide bonds. The summed E-state index contributed by atoms with van der Waals surface area (Å²) in [6, 6.07) is 23.0. The Morgan fingerprint density at radius 2 is 1.81 bits per heavy atom. The van der Waals surface area contributed by atoms with Gasteiger partial charge >= 0.3 is 0 Å². The summed E-state index contributed by atoms with van der Waals surface area (Å²) in [6.07, 6.45) is 6.57. The number of para-hydroxylation sites is 1. The molecule has 3 aromatic carbocycles. The van der Waals surface area contributed by atoms with Crippen molar-refractivity contribution in [3.63, 3.8) is 0 Å². The number of carbonyl (C=O) groups excluding carboxylic acids is 1. The minimum absolute atomic E-state index is 0.414. The highest BCUT2D eigenvalue weighted by molar-refractivity contribution is 6.76. The fourth-order valence-corrected chi connectivity index (χ4v) is 5.84. The Labute approximate surface area is 248 Å². The summed E-state index contributed by atoms with van der Waals surface area (Å²) in [5, 5.41) is 5.58. The van der Waals surface area contributed by atoms with Crippen molar-refractivity contribution in [1.82, 2.24) is 19.3 Å². The number of aryl methyl sites for hydroxylation is 1. The number of rotatable bonds is 13. The van der Waals surface area contributed by atoms with Crippen LogP contribution in [-0.4, -0.2) is 46.5 Å². The number of benzene rings is 3.